The second-order valence-corrected chi connectivity index (χ2v) is 7.90. The van der Waals surface area contributed by atoms with Gasteiger partial charge in [-0.2, -0.15) is 0 Å². The van der Waals surface area contributed by atoms with Gasteiger partial charge in [0.05, 0.1) is 21.2 Å². The van der Waals surface area contributed by atoms with E-state index < -0.39 is 14.9 Å². The molecule has 1 heterocycles. The van der Waals surface area contributed by atoms with Crippen LogP contribution in [0.15, 0.2) is 58.8 Å². The molecule has 0 saturated heterocycles. The Labute approximate surface area is 153 Å². The summed E-state index contributed by atoms with van der Waals surface area (Å²) in [7, 11) is -3.85. The van der Waals surface area contributed by atoms with Crippen molar-refractivity contribution in [3.8, 4) is 0 Å². The van der Waals surface area contributed by atoms with Gasteiger partial charge in [0.2, 0.25) is 0 Å². The Hall–Kier alpha value is -2.98. The summed E-state index contributed by atoms with van der Waals surface area (Å²) in [4.78, 5) is 14.3. The van der Waals surface area contributed by atoms with E-state index in [9.17, 15) is 18.5 Å². The van der Waals surface area contributed by atoms with E-state index in [-0.39, 0.29) is 10.6 Å². The Kier molecular flexibility index (Phi) is 4.87. The number of sulfonamides is 1. The first-order chi connectivity index (χ1) is 12.3. The molecular formula is C16H14N4O4S2. The molecule has 26 heavy (non-hydrogen) atoms. The van der Waals surface area contributed by atoms with Gasteiger partial charge in [0.25, 0.3) is 15.7 Å². The lowest BCUT2D eigenvalue weighted by molar-refractivity contribution is -0.384. The average Bonchev–Trinajstić information content (AvgIpc) is 2.99. The van der Waals surface area contributed by atoms with Crippen molar-refractivity contribution in [2.24, 2.45) is 0 Å². The fourth-order valence-electron chi connectivity index (χ4n) is 2.16. The Morgan fingerprint density at radius 1 is 1.12 bits per heavy atom. The molecule has 0 unspecified atom stereocenters. The third-order valence-electron chi connectivity index (χ3n) is 3.34. The number of hydrogen-bond donors (Lipinski definition) is 2. The van der Waals surface area contributed by atoms with Crippen molar-refractivity contribution in [1.82, 2.24) is 4.98 Å². The van der Waals surface area contributed by atoms with E-state index in [0.717, 1.165) is 17.8 Å². The van der Waals surface area contributed by atoms with Gasteiger partial charge in [-0.15, -0.1) is 11.3 Å². The molecule has 0 amide bonds. The number of anilines is 3. The molecule has 0 atom stereocenters. The minimum Gasteiger partial charge on any atom is -0.331 e. The maximum Gasteiger partial charge on any atom is 0.269 e. The fourth-order valence-corrected chi connectivity index (χ4v) is 3.91. The van der Waals surface area contributed by atoms with E-state index in [4.69, 9.17) is 0 Å². The highest BCUT2D eigenvalue weighted by Crippen LogP contribution is 2.24. The molecule has 0 fully saturated rings. The van der Waals surface area contributed by atoms with E-state index in [1.165, 1.54) is 23.5 Å². The number of nitrogens with zero attached hydrogens (tertiary/aromatic N) is 2. The largest absolute Gasteiger partial charge is 0.331 e. The number of aromatic nitrogens is 1. The molecule has 0 aliphatic carbocycles. The molecule has 0 spiro atoms. The zero-order valence-corrected chi connectivity index (χ0v) is 15.2. The van der Waals surface area contributed by atoms with E-state index in [1.807, 2.05) is 12.3 Å². The van der Waals surface area contributed by atoms with Gasteiger partial charge in [-0.25, -0.2) is 13.4 Å². The Morgan fingerprint density at radius 2 is 1.81 bits per heavy atom. The summed E-state index contributed by atoms with van der Waals surface area (Å²) >= 11 is 1.45. The Bertz CT molecular complexity index is 1050. The van der Waals surface area contributed by atoms with Crippen LogP contribution in [0.4, 0.5) is 22.2 Å². The number of thiazole rings is 1. The molecule has 134 valence electrons. The monoisotopic (exact) mass is 390 g/mol. The molecule has 3 aromatic rings. The first kappa shape index (κ1) is 17.8. The topological polar surface area (TPSA) is 114 Å². The highest BCUT2D eigenvalue weighted by atomic mass is 32.2. The normalized spacial score (nSPS) is 11.1. The first-order valence-corrected chi connectivity index (χ1v) is 9.76. The summed E-state index contributed by atoms with van der Waals surface area (Å²) in [5.41, 5.74) is 1.77. The molecule has 0 aliphatic rings. The molecular weight excluding hydrogens is 376 g/mol. The molecule has 1 aromatic heterocycles. The standard InChI is InChI=1S/C16H14N4O4S2/c1-11-10-25-16(17-11)18-12-3-2-4-13(9-12)19-26(23,24)15-7-5-14(6-8-15)20(21)22/h2-10,19H,1H3,(H,17,18). The predicted molar refractivity (Wildman–Crippen MR) is 100 cm³/mol. The van der Waals surface area contributed by atoms with Crippen molar-refractivity contribution < 1.29 is 13.3 Å². The number of benzene rings is 2. The maximum absolute atomic E-state index is 12.4. The van der Waals surface area contributed by atoms with Crippen molar-refractivity contribution in [2.45, 2.75) is 11.8 Å². The van der Waals surface area contributed by atoms with Gasteiger partial charge >= 0.3 is 0 Å². The molecule has 3 rings (SSSR count). The van der Waals surface area contributed by atoms with E-state index >= 15 is 0 Å². The van der Waals surface area contributed by atoms with E-state index in [1.54, 1.807) is 24.3 Å². The third kappa shape index (κ3) is 4.16. The number of non-ortho nitro benzene ring substituents is 1. The highest BCUT2D eigenvalue weighted by molar-refractivity contribution is 7.92. The minimum atomic E-state index is -3.85. The van der Waals surface area contributed by atoms with Crippen molar-refractivity contribution in [3.05, 3.63) is 69.7 Å². The van der Waals surface area contributed by atoms with Gasteiger partial charge in [0.15, 0.2) is 5.13 Å². The maximum atomic E-state index is 12.4. The molecule has 0 aliphatic heterocycles. The molecule has 10 heteroatoms. The second-order valence-electron chi connectivity index (χ2n) is 5.36. The summed E-state index contributed by atoms with van der Waals surface area (Å²) in [6.45, 7) is 1.89. The van der Waals surface area contributed by atoms with Crippen LogP contribution in [0.3, 0.4) is 0 Å². The molecule has 8 nitrogen and oxygen atoms in total. The van der Waals surface area contributed by atoms with Gasteiger partial charge in [0, 0.05) is 23.2 Å². The van der Waals surface area contributed by atoms with Crippen LogP contribution in [0.1, 0.15) is 5.69 Å². The predicted octanol–water partition coefficient (Wildman–Crippen LogP) is 3.90. The lowest BCUT2D eigenvalue weighted by atomic mass is 10.3. The van der Waals surface area contributed by atoms with Gasteiger partial charge in [-0.05, 0) is 37.3 Å². The van der Waals surface area contributed by atoms with Crippen LogP contribution >= 0.6 is 11.3 Å². The SMILES string of the molecule is Cc1csc(Nc2cccc(NS(=O)(=O)c3ccc([N+](=O)[O-])cc3)c2)n1. The number of aryl methyl sites for hydroxylation is 1. The summed E-state index contributed by atoms with van der Waals surface area (Å²) in [5, 5.41) is 16.4. The van der Waals surface area contributed by atoms with Crippen LogP contribution in [0.25, 0.3) is 0 Å². The van der Waals surface area contributed by atoms with E-state index in [2.05, 4.69) is 15.0 Å². The summed E-state index contributed by atoms with van der Waals surface area (Å²) < 4.78 is 27.3. The highest BCUT2D eigenvalue weighted by Gasteiger charge is 2.16. The Balaban J connectivity index is 1.79. The molecule has 2 N–H and O–H groups in total. The lowest BCUT2D eigenvalue weighted by Crippen LogP contribution is -2.13. The zero-order chi connectivity index (χ0) is 18.7. The van der Waals surface area contributed by atoms with Gasteiger partial charge < -0.3 is 5.32 Å². The third-order valence-corrected chi connectivity index (χ3v) is 5.62. The first-order valence-electron chi connectivity index (χ1n) is 7.40. The van der Waals surface area contributed by atoms with E-state index in [0.29, 0.717) is 16.5 Å². The lowest BCUT2D eigenvalue weighted by Gasteiger charge is -2.10. The summed E-state index contributed by atoms with van der Waals surface area (Å²) in [6.07, 6.45) is 0. The molecule has 0 bridgehead atoms. The number of rotatable bonds is 6. The number of nitro benzene ring substituents is 1. The van der Waals surface area contributed by atoms with Crippen LogP contribution in [0.2, 0.25) is 0 Å². The number of hydrogen-bond acceptors (Lipinski definition) is 7. The van der Waals surface area contributed by atoms with Gasteiger partial charge in [0.1, 0.15) is 0 Å². The fraction of sp³-hybridized carbons (Fsp3) is 0.0625. The number of nitrogens with one attached hydrogen (secondary N) is 2. The average molecular weight is 390 g/mol. The van der Waals surface area contributed by atoms with Crippen LogP contribution in [0.5, 0.6) is 0 Å². The van der Waals surface area contributed by atoms with Crippen molar-refractivity contribution in [2.75, 3.05) is 10.0 Å². The zero-order valence-electron chi connectivity index (χ0n) is 13.5. The minimum absolute atomic E-state index is 0.0583. The van der Waals surface area contributed by atoms with Crippen LogP contribution in [0, 0.1) is 17.0 Å². The van der Waals surface area contributed by atoms with Crippen LogP contribution < -0.4 is 10.0 Å². The van der Waals surface area contributed by atoms with Crippen molar-refractivity contribution in [1.29, 1.82) is 0 Å². The van der Waals surface area contributed by atoms with Crippen LogP contribution in [-0.4, -0.2) is 18.3 Å². The molecule has 0 radical (unpaired) electrons. The quantitative estimate of drug-likeness (QED) is 0.487. The number of nitro groups is 1. The molecule has 2 aromatic carbocycles. The summed E-state index contributed by atoms with van der Waals surface area (Å²) in [6, 6.07) is 11.4. The second kappa shape index (κ2) is 7.10. The van der Waals surface area contributed by atoms with Gasteiger partial charge in [-0.3, -0.25) is 14.8 Å². The molecule has 0 saturated carbocycles. The summed E-state index contributed by atoms with van der Waals surface area (Å²) in [5.74, 6) is 0. The Morgan fingerprint density at radius 3 is 2.42 bits per heavy atom. The van der Waals surface area contributed by atoms with Gasteiger partial charge in [-0.1, -0.05) is 6.07 Å². The smallest absolute Gasteiger partial charge is 0.269 e. The van der Waals surface area contributed by atoms with Crippen molar-refractivity contribution in [3.63, 3.8) is 0 Å². The van der Waals surface area contributed by atoms with Crippen LogP contribution in [-0.2, 0) is 10.0 Å². The van der Waals surface area contributed by atoms with Crippen molar-refractivity contribution >= 4 is 43.6 Å².